The summed E-state index contributed by atoms with van der Waals surface area (Å²) in [5, 5.41) is 17.4. The predicted octanol–water partition coefficient (Wildman–Crippen LogP) is 5.40. The van der Waals surface area contributed by atoms with Crippen molar-refractivity contribution in [2.45, 2.75) is 0 Å². The van der Waals surface area contributed by atoms with E-state index in [4.69, 9.17) is 12.2 Å². The fourth-order valence-electron chi connectivity index (χ4n) is 2.51. The van der Waals surface area contributed by atoms with Gasteiger partial charge in [-0.25, -0.2) is 0 Å². The highest BCUT2D eigenvalue weighted by atomic mass is 79.9. The highest BCUT2D eigenvalue weighted by Crippen LogP contribution is 2.25. The van der Waals surface area contributed by atoms with E-state index in [-0.39, 0.29) is 22.1 Å². The van der Waals surface area contributed by atoms with E-state index < -0.39 is 4.92 Å². The smallest absolute Gasteiger partial charge is 0.270 e. The standard InChI is InChI=1S/C20H14BrN3O3S/c21-14-6-8-15(9-7-14)22-20(28)23-18-11-10-16(24(26)27)12-17(18)19(25)13-4-2-1-3-5-13/h1-12H,(H2,22,23,28). The predicted molar refractivity (Wildman–Crippen MR) is 117 cm³/mol. The van der Waals surface area contributed by atoms with Crippen LogP contribution < -0.4 is 10.6 Å². The number of ketones is 1. The molecular weight excluding hydrogens is 442 g/mol. The monoisotopic (exact) mass is 455 g/mol. The van der Waals surface area contributed by atoms with Gasteiger partial charge in [0.15, 0.2) is 10.9 Å². The Balaban J connectivity index is 1.89. The lowest BCUT2D eigenvalue weighted by Gasteiger charge is -2.14. The lowest BCUT2D eigenvalue weighted by molar-refractivity contribution is -0.384. The van der Waals surface area contributed by atoms with Crippen LogP contribution in [0.2, 0.25) is 0 Å². The first kappa shape index (κ1) is 19.7. The molecule has 0 aromatic heterocycles. The summed E-state index contributed by atoms with van der Waals surface area (Å²) in [6, 6.07) is 20.0. The van der Waals surface area contributed by atoms with E-state index in [2.05, 4.69) is 26.6 Å². The number of non-ortho nitro benzene ring substituents is 1. The molecule has 2 N–H and O–H groups in total. The van der Waals surface area contributed by atoms with Gasteiger partial charge in [0, 0.05) is 27.9 Å². The summed E-state index contributed by atoms with van der Waals surface area (Å²) in [5.41, 5.74) is 1.57. The molecular formula is C20H14BrN3O3S. The summed E-state index contributed by atoms with van der Waals surface area (Å²) >= 11 is 8.68. The van der Waals surface area contributed by atoms with E-state index >= 15 is 0 Å². The van der Waals surface area contributed by atoms with Crippen LogP contribution in [0.1, 0.15) is 15.9 Å². The van der Waals surface area contributed by atoms with Crippen molar-refractivity contribution in [3.8, 4) is 0 Å². The van der Waals surface area contributed by atoms with Crippen molar-refractivity contribution in [2.24, 2.45) is 0 Å². The molecule has 140 valence electrons. The van der Waals surface area contributed by atoms with Gasteiger partial charge in [0.05, 0.1) is 16.2 Å². The van der Waals surface area contributed by atoms with Crippen LogP contribution in [-0.4, -0.2) is 15.8 Å². The van der Waals surface area contributed by atoms with Gasteiger partial charge in [0.25, 0.3) is 5.69 Å². The Morgan fingerprint density at radius 1 is 0.964 bits per heavy atom. The molecule has 8 heteroatoms. The first-order valence-electron chi connectivity index (χ1n) is 8.16. The molecule has 0 saturated heterocycles. The van der Waals surface area contributed by atoms with E-state index in [1.54, 1.807) is 30.3 Å². The van der Waals surface area contributed by atoms with Crippen LogP contribution in [-0.2, 0) is 0 Å². The maximum atomic E-state index is 12.9. The molecule has 0 amide bonds. The van der Waals surface area contributed by atoms with E-state index in [1.807, 2.05) is 24.3 Å². The number of hydrogen-bond acceptors (Lipinski definition) is 4. The lowest BCUT2D eigenvalue weighted by atomic mass is 10.0. The van der Waals surface area contributed by atoms with Gasteiger partial charge in [-0.05, 0) is 42.5 Å². The van der Waals surface area contributed by atoms with Crippen LogP contribution in [0.5, 0.6) is 0 Å². The van der Waals surface area contributed by atoms with Gasteiger partial charge >= 0.3 is 0 Å². The SMILES string of the molecule is O=C(c1ccccc1)c1cc([N+](=O)[O-])ccc1NC(=S)Nc1ccc(Br)cc1. The molecule has 0 radical (unpaired) electrons. The van der Waals surface area contributed by atoms with Crippen molar-refractivity contribution in [2.75, 3.05) is 10.6 Å². The summed E-state index contributed by atoms with van der Waals surface area (Å²) < 4.78 is 0.933. The average Bonchev–Trinajstić information content (AvgIpc) is 2.70. The number of rotatable bonds is 5. The van der Waals surface area contributed by atoms with Crippen molar-refractivity contribution < 1.29 is 9.72 Å². The molecule has 0 aliphatic carbocycles. The molecule has 0 aliphatic rings. The van der Waals surface area contributed by atoms with Gasteiger partial charge in [-0.2, -0.15) is 0 Å². The normalized spacial score (nSPS) is 10.2. The van der Waals surface area contributed by atoms with E-state index in [0.717, 1.165) is 10.2 Å². The first-order valence-corrected chi connectivity index (χ1v) is 9.36. The van der Waals surface area contributed by atoms with Gasteiger partial charge < -0.3 is 10.6 Å². The van der Waals surface area contributed by atoms with Crippen LogP contribution >= 0.6 is 28.1 Å². The van der Waals surface area contributed by atoms with Crippen molar-refractivity contribution in [1.29, 1.82) is 0 Å². The highest BCUT2D eigenvalue weighted by Gasteiger charge is 2.19. The minimum absolute atomic E-state index is 0.167. The number of carbonyl (C=O) groups excluding carboxylic acids is 1. The molecule has 0 bridgehead atoms. The number of nitrogens with zero attached hydrogens (tertiary/aromatic N) is 1. The third-order valence-electron chi connectivity index (χ3n) is 3.84. The number of anilines is 2. The maximum Gasteiger partial charge on any atom is 0.270 e. The second kappa shape index (κ2) is 8.73. The zero-order valence-electron chi connectivity index (χ0n) is 14.4. The average molecular weight is 456 g/mol. The largest absolute Gasteiger partial charge is 0.332 e. The molecule has 0 spiro atoms. The van der Waals surface area contributed by atoms with Crippen molar-refractivity contribution in [3.63, 3.8) is 0 Å². The Hall–Kier alpha value is -3.10. The number of nitrogens with one attached hydrogen (secondary N) is 2. The third-order valence-corrected chi connectivity index (χ3v) is 4.58. The molecule has 0 heterocycles. The maximum absolute atomic E-state index is 12.9. The Morgan fingerprint density at radius 2 is 1.64 bits per heavy atom. The number of halogens is 1. The second-order valence-electron chi connectivity index (χ2n) is 5.77. The number of benzene rings is 3. The molecule has 3 aromatic rings. The molecule has 0 atom stereocenters. The molecule has 0 aliphatic heterocycles. The first-order chi connectivity index (χ1) is 13.4. The van der Waals surface area contributed by atoms with Crippen LogP contribution in [0.15, 0.2) is 77.3 Å². The highest BCUT2D eigenvalue weighted by molar-refractivity contribution is 9.10. The molecule has 0 unspecified atom stereocenters. The fourth-order valence-corrected chi connectivity index (χ4v) is 3.00. The van der Waals surface area contributed by atoms with Gasteiger partial charge in [0.2, 0.25) is 0 Å². The summed E-state index contributed by atoms with van der Waals surface area (Å²) in [4.78, 5) is 23.5. The van der Waals surface area contributed by atoms with Crippen LogP contribution in [0.4, 0.5) is 17.1 Å². The van der Waals surface area contributed by atoms with Crippen molar-refractivity contribution >= 4 is 56.1 Å². The molecule has 6 nitrogen and oxygen atoms in total. The Bertz CT molecular complexity index is 1040. The van der Waals surface area contributed by atoms with Crippen LogP contribution in [0.25, 0.3) is 0 Å². The Kier molecular flexibility index (Phi) is 6.13. The fraction of sp³-hybridized carbons (Fsp3) is 0. The quantitative estimate of drug-likeness (QED) is 0.232. The van der Waals surface area contributed by atoms with E-state index in [9.17, 15) is 14.9 Å². The number of carbonyl (C=O) groups is 1. The Labute approximate surface area is 174 Å². The molecule has 0 saturated carbocycles. The number of thiocarbonyl (C=S) groups is 1. The number of hydrogen-bond donors (Lipinski definition) is 2. The number of nitro groups is 1. The molecule has 3 rings (SSSR count). The second-order valence-corrected chi connectivity index (χ2v) is 7.09. The molecule has 3 aromatic carbocycles. The Morgan fingerprint density at radius 3 is 2.29 bits per heavy atom. The summed E-state index contributed by atoms with van der Waals surface area (Å²) in [5.74, 6) is -0.335. The van der Waals surface area contributed by atoms with Gasteiger partial charge in [-0.3, -0.25) is 14.9 Å². The zero-order chi connectivity index (χ0) is 20.1. The third kappa shape index (κ3) is 4.79. The minimum atomic E-state index is -0.538. The summed E-state index contributed by atoms with van der Waals surface area (Å²) in [7, 11) is 0. The van der Waals surface area contributed by atoms with Gasteiger partial charge in [-0.15, -0.1) is 0 Å². The molecule has 28 heavy (non-hydrogen) atoms. The summed E-state index contributed by atoms with van der Waals surface area (Å²) in [6.07, 6.45) is 0. The van der Waals surface area contributed by atoms with Crippen LogP contribution in [0.3, 0.4) is 0 Å². The van der Waals surface area contributed by atoms with Crippen molar-refractivity contribution in [1.82, 2.24) is 0 Å². The summed E-state index contributed by atoms with van der Waals surface area (Å²) in [6.45, 7) is 0. The van der Waals surface area contributed by atoms with E-state index in [0.29, 0.717) is 11.3 Å². The van der Waals surface area contributed by atoms with Crippen LogP contribution in [0, 0.1) is 10.1 Å². The minimum Gasteiger partial charge on any atom is -0.332 e. The topological polar surface area (TPSA) is 84.3 Å². The van der Waals surface area contributed by atoms with Gasteiger partial charge in [-0.1, -0.05) is 46.3 Å². The molecule has 0 fully saturated rings. The van der Waals surface area contributed by atoms with Crippen molar-refractivity contribution in [3.05, 3.63) is 98.5 Å². The van der Waals surface area contributed by atoms with E-state index in [1.165, 1.54) is 18.2 Å². The zero-order valence-corrected chi connectivity index (χ0v) is 16.8. The van der Waals surface area contributed by atoms with Gasteiger partial charge in [0.1, 0.15) is 0 Å². The number of nitro benzene ring substituents is 1. The lowest BCUT2D eigenvalue weighted by Crippen LogP contribution is -2.21.